The van der Waals surface area contributed by atoms with Gasteiger partial charge in [0.05, 0.1) is 11.8 Å². The van der Waals surface area contributed by atoms with Crippen molar-refractivity contribution in [2.24, 2.45) is 7.05 Å². The highest BCUT2D eigenvalue weighted by Crippen LogP contribution is 2.21. The first-order valence-electron chi connectivity index (χ1n) is 9.70. The summed E-state index contributed by atoms with van der Waals surface area (Å²) in [6, 6.07) is 12.2. The van der Waals surface area contributed by atoms with Crippen LogP contribution in [0.3, 0.4) is 0 Å². The molecule has 3 aromatic rings. The summed E-state index contributed by atoms with van der Waals surface area (Å²) in [7, 11) is 1.81. The van der Waals surface area contributed by atoms with Gasteiger partial charge in [-0.25, -0.2) is 0 Å². The molecule has 2 amide bonds. The molecule has 7 nitrogen and oxygen atoms in total. The van der Waals surface area contributed by atoms with Crippen molar-refractivity contribution in [3.05, 3.63) is 70.0 Å². The molecule has 2 N–H and O–H groups in total. The third-order valence-electron chi connectivity index (χ3n) is 4.70. The Kier molecular flexibility index (Phi) is 7.35. The lowest BCUT2D eigenvalue weighted by Gasteiger charge is -2.14. The quantitative estimate of drug-likeness (QED) is 0.516. The van der Waals surface area contributed by atoms with Crippen molar-refractivity contribution >= 4 is 40.9 Å². The Bertz CT molecular complexity index is 1100. The van der Waals surface area contributed by atoms with Crippen molar-refractivity contribution in [1.29, 1.82) is 0 Å². The van der Waals surface area contributed by atoms with Crippen molar-refractivity contribution in [1.82, 2.24) is 20.1 Å². The first-order valence-corrected chi connectivity index (χ1v) is 11.1. The van der Waals surface area contributed by atoms with E-state index in [0.29, 0.717) is 21.6 Å². The van der Waals surface area contributed by atoms with Gasteiger partial charge in [-0.1, -0.05) is 41.1 Å². The SMILES string of the molecule is Cc1ccc(NC(=O)CSc2nnc([C@@H](C)NC(=O)c3ccc(Cl)cc3)n2C)c(C)c1. The van der Waals surface area contributed by atoms with Crippen LogP contribution in [0.25, 0.3) is 0 Å². The van der Waals surface area contributed by atoms with Crippen LogP contribution in [-0.4, -0.2) is 32.3 Å². The van der Waals surface area contributed by atoms with E-state index in [-0.39, 0.29) is 23.6 Å². The minimum absolute atomic E-state index is 0.120. The predicted octanol–water partition coefficient (Wildman–Crippen LogP) is 4.31. The molecule has 0 bridgehead atoms. The molecule has 0 aliphatic rings. The fourth-order valence-corrected chi connectivity index (χ4v) is 3.89. The van der Waals surface area contributed by atoms with Gasteiger partial charge in [-0.3, -0.25) is 9.59 Å². The summed E-state index contributed by atoms with van der Waals surface area (Å²) in [5.41, 5.74) is 3.47. The largest absolute Gasteiger partial charge is 0.342 e. The van der Waals surface area contributed by atoms with Gasteiger partial charge in [-0.2, -0.15) is 0 Å². The van der Waals surface area contributed by atoms with Crippen LogP contribution in [-0.2, 0) is 11.8 Å². The number of carbonyl (C=O) groups is 2. The third-order valence-corrected chi connectivity index (χ3v) is 5.97. The fourth-order valence-electron chi connectivity index (χ4n) is 3.04. The number of aryl methyl sites for hydroxylation is 2. The summed E-state index contributed by atoms with van der Waals surface area (Å²) < 4.78 is 1.78. The molecular weight excluding hydrogens is 434 g/mol. The van der Waals surface area contributed by atoms with Crippen LogP contribution in [0.4, 0.5) is 5.69 Å². The van der Waals surface area contributed by atoms with E-state index in [4.69, 9.17) is 11.6 Å². The van der Waals surface area contributed by atoms with Gasteiger partial charge in [0.1, 0.15) is 0 Å². The lowest BCUT2D eigenvalue weighted by molar-refractivity contribution is -0.113. The van der Waals surface area contributed by atoms with E-state index in [1.807, 2.05) is 46.0 Å². The molecule has 0 spiro atoms. The highest BCUT2D eigenvalue weighted by atomic mass is 35.5. The lowest BCUT2D eigenvalue weighted by atomic mass is 10.1. The van der Waals surface area contributed by atoms with E-state index in [1.165, 1.54) is 11.8 Å². The molecule has 0 aliphatic heterocycles. The second kappa shape index (κ2) is 9.98. The molecule has 0 radical (unpaired) electrons. The molecule has 31 heavy (non-hydrogen) atoms. The number of carbonyl (C=O) groups excluding carboxylic acids is 2. The molecule has 1 heterocycles. The number of benzene rings is 2. The molecule has 0 aliphatic carbocycles. The number of hydrogen-bond donors (Lipinski definition) is 2. The molecule has 0 unspecified atom stereocenters. The molecule has 0 saturated carbocycles. The zero-order valence-corrected chi connectivity index (χ0v) is 19.3. The summed E-state index contributed by atoms with van der Waals surface area (Å²) in [5.74, 6) is 0.449. The van der Waals surface area contributed by atoms with Crippen molar-refractivity contribution in [3.8, 4) is 0 Å². The van der Waals surface area contributed by atoms with E-state index in [1.54, 1.807) is 28.8 Å². The summed E-state index contributed by atoms with van der Waals surface area (Å²) >= 11 is 7.16. The number of hydrogen-bond acceptors (Lipinski definition) is 5. The molecule has 1 atom stereocenters. The van der Waals surface area contributed by atoms with Crippen molar-refractivity contribution in [2.45, 2.75) is 32.0 Å². The smallest absolute Gasteiger partial charge is 0.251 e. The van der Waals surface area contributed by atoms with Crippen molar-refractivity contribution < 1.29 is 9.59 Å². The first-order chi connectivity index (χ1) is 14.7. The second-order valence-corrected chi connectivity index (χ2v) is 8.64. The number of anilines is 1. The fraction of sp³-hybridized carbons (Fsp3) is 0.273. The molecule has 162 valence electrons. The Balaban J connectivity index is 1.58. The molecule has 2 aromatic carbocycles. The average molecular weight is 458 g/mol. The topological polar surface area (TPSA) is 88.9 Å². The van der Waals surface area contributed by atoms with Gasteiger partial charge >= 0.3 is 0 Å². The Morgan fingerprint density at radius 1 is 1.13 bits per heavy atom. The number of aromatic nitrogens is 3. The number of amides is 2. The summed E-state index contributed by atoms with van der Waals surface area (Å²) in [6.07, 6.45) is 0. The Labute approximate surface area is 190 Å². The number of halogens is 1. The molecule has 0 saturated heterocycles. The van der Waals surface area contributed by atoms with Crippen LogP contribution in [0.15, 0.2) is 47.6 Å². The highest BCUT2D eigenvalue weighted by molar-refractivity contribution is 7.99. The molecular formula is C22H24ClN5O2S. The Hall–Kier alpha value is -2.84. The molecule has 1 aromatic heterocycles. The maximum atomic E-state index is 12.4. The predicted molar refractivity (Wildman–Crippen MR) is 124 cm³/mol. The summed E-state index contributed by atoms with van der Waals surface area (Å²) in [6.45, 7) is 5.81. The van der Waals surface area contributed by atoms with Gasteiger partial charge in [0.25, 0.3) is 5.91 Å². The van der Waals surface area contributed by atoms with Gasteiger partial charge in [-0.15, -0.1) is 10.2 Å². The van der Waals surface area contributed by atoms with Crippen LogP contribution in [0.5, 0.6) is 0 Å². The third kappa shape index (κ3) is 5.86. The zero-order valence-electron chi connectivity index (χ0n) is 17.8. The van der Waals surface area contributed by atoms with Gasteiger partial charge in [0.15, 0.2) is 11.0 Å². The first kappa shape index (κ1) is 22.8. The van der Waals surface area contributed by atoms with E-state index in [0.717, 1.165) is 16.8 Å². The number of nitrogens with one attached hydrogen (secondary N) is 2. The second-order valence-electron chi connectivity index (χ2n) is 7.26. The van der Waals surface area contributed by atoms with E-state index >= 15 is 0 Å². The minimum Gasteiger partial charge on any atom is -0.342 e. The maximum Gasteiger partial charge on any atom is 0.251 e. The van der Waals surface area contributed by atoms with Gasteiger partial charge in [0.2, 0.25) is 5.91 Å². The van der Waals surface area contributed by atoms with Crippen LogP contribution in [0.1, 0.15) is 40.3 Å². The standard InChI is InChI=1S/C22H24ClN5O2S/c1-13-5-10-18(14(2)11-13)25-19(29)12-31-22-27-26-20(28(22)4)15(3)24-21(30)16-6-8-17(23)9-7-16/h5-11,15H,12H2,1-4H3,(H,24,30)(H,25,29)/t15-/m1/s1. The van der Waals surface area contributed by atoms with Crippen LogP contribution < -0.4 is 10.6 Å². The van der Waals surface area contributed by atoms with Crippen molar-refractivity contribution in [2.75, 3.05) is 11.1 Å². The lowest BCUT2D eigenvalue weighted by Crippen LogP contribution is -2.28. The van der Waals surface area contributed by atoms with E-state index in [9.17, 15) is 9.59 Å². The molecule has 3 rings (SSSR count). The molecule has 9 heteroatoms. The van der Waals surface area contributed by atoms with E-state index < -0.39 is 0 Å². The average Bonchev–Trinajstić information content (AvgIpc) is 3.09. The summed E-state index contributed by atoms with van der Waals surface area (Å²) in [4.78, 5) is 24.8. The monoisotopic (exact) mass is 457 g/mol. The van der Waals surface area contributed by atoms with Crippen molar-refractivity contribution in [3.63, 3.8) is 0 Å². The van der Waals surface area contributed by atoms with Gasteiger partial charge in [-0.05, 0) is 56.7 Å². The zero-order chi connectivity index (χ0) is 22.5. The Morgan fingerprint density at radius 3 is 2.52 bits per heavy atom. The van der Waals surface area contributed by atoms with Gasteiger partial charge < -0.3 is 15.2 Å². The van der Waals surface area contributed by atoms with Crippen LogP contribution in [0, 0.1) is 13.8 Å². The van der Waals surface area contributed by atoms with Crippen LogP contribution >= 0.6 is 23.4 Å². The number of rotatable bonds is 7. The highest BCUT2D eigenvalue weighted by Gasteiger charge is 2.19. The summed E-state index contributed by atoms with van der Waals surface area (Å²) in [5, 5.41) is 15.3. The number of thioether (sulfide) groups is 1. The Morgan fingerprint density at radius 2 is 1.84 bits per heavy atom. The normalized spacial score (nSPS) is 11.8. The van der Waals surface area contributed by atoms with Gasteiger partial charge in [0, 0.05) is 23.3 Å². The minimum atomic E-state index is -0.362. The van der Waals surface area contributed by atoms with E-state index in [2.05, 4.69) is 20.8 Å². The molecule has 0 fully saturated rings. The number of nitrogens with zero attached hydrogens (tertiary/aromatic N) is 3. The maximum absolute atomic E-state index is 12.4. The van der Waals surface area contributed by atoms with Crippen LogP contribution in [0.2, 0.25) is 5.02 Å².